The van der Waals surface area contributed by atoms with E-state index in [0.29, 0.717) is 30.6 Å². The van der Waals surface area contributed by atoms with Crippen LogP contribution < -0.4 is 0 Å². The van der Waals surface area contributed by atoms with E-state index < -0.39 is 0 Å². The van der Waals surface area contributed by atoms with Gasteiger partial charge in [0, 0.05) is 31.5 Å². The van der Waals surface area contributed by atoms with Crippen LogP contribution in [-0.2, 0) is 9.53 Å². The average molecular weight is 398 g/mol. The summed E-state index contributed by atoms with van der Waals surface area (Å²) < 4.78 is 5.34. The summed E-state index contributed by atoms with van der Waals surface area (Å²) in [4.78, 5) is 36.8. The first-order valence-electron chi connectivity index (χ1n) is 9.40. The lowest BCUT2D eigenvalue weighted by molar-refractivity contribution is -0.129. The van der Waals surface area contributed by atoms with Gasteiger partial charge >= 0.3 is 6.09 Å². The molecule has 7 nitrogen and oxygen atoms in total. The molecule has 0 spiro atoms. The van der Waals surface area contributed by atoms with Gasteiger partial charge in [-0.25, -0.2) is 14.8 Å². The van der Waals surface area contributed by atoms with Crippen LogP contribution in [0.15, 0.2) is 53.9 Å². The van der Waals surface area contributed by atoms with E-state index in [0.717, 1.165) is 18.4 Å². The fraction of sp³-hybridized carbons (Fsp3) is 0.400. The van der Waals surface area contributed by atoms with E-state index >= 15 is 0 Å². The van der Waals surface area contributed by atoms with Crippen LogP contribution >= 0.6 is 11.8 Å². The van der Waals surface area contributed by atoms with Crippen LogP contribution in [0.5, 0.6) is 0 Å². The van der Waals surface area contributed by atoms with Gasteiger partial charge in [0.2, 0.25) is 5.91 Å². The van der Waals surface area contributed by atoms with E-state index in [2.05, 4.69) is 9.97 Å². The number of rotatable bonds is 5. The largest absolute Gasteiger partial charge is 0.447 e. The van der Waals surface area contributed by atoms with Crippen molar-refractivity contribution in [2.75, 3.05) is 25.4 Å². The molecular weight excluding hydrogens is 376 g/mol. The molecule has 0 radical (unpaired) electrons. The lowest BCUT2D eigenvalue weighted by Gasteiger charge is -2.38. The Morgan fingerprint density at radius 3 is 2.54 bits per heavy atom. The molecule has 4 rings (SSSR count). The van der Waals surface area contributed by atoms with Gasteiger partial charge in [-0.15, -0.1) is 0 Å². The second-order valence-electron chi connectivity index (χ2n) is 6.84. The van der Waals surface area contributed by atoms with Crippen LogP contribution in [0.2, 0.25) is 0 Å². The number of hydrogen-bond acceptors (Lipinski definition) is 6. The molecule has 0 aliphatic carbocycles. The van der Waals surface area contributed by atoms with Crippen LogP contribution in [0.25, 0.3) is 0 Å². The molecule has 0 unspecified atom stereocenters. The van der Waals surface area contributed by atoms with Crippen LogP contribution in [-0.4, -0.2) is 63.3 Å². The van der Waals surface area contributed by atoms with Gasteiger partial charge in [-0.2, -0.15) is 0 Å². The molecule has 2 aliphatic rings. The zero-order valence-corrected chi connectivity index (χ0v) is 16.3. The summed E-state index contributed by atoms with van der Waals surface area (Å²) in [6.45, 7) is 1.67. The highest BCUT2D eigenvalue weighted by molar-refractivity contribution is 7.99. The highest BCUT2D eigenvalue weighted by Crippen LogP contribution is 2.33. The summed E-state index contributed by atoms with van der Waals surface area (Å²) in [6, 6.07) is 11.8. The smallest absolute Gasteiger partial charge is 0.410 e. The van der Waals surface area contributed by atoms with E-state index in [4.69, 9.17) is 4.74 Å². The number of thioether (sulfide) groups is 1. The predicted molar refractivity (Wildman–Crippen MR) is 105 cm³/mol. The molecule has 2 saturated heterocycles. The molecule has 28 heavy (non-hydrogen) atoms. The minimum absolute atomic E-state index is 0.0493. The number of amides is 2. The fourth-order valence-corrected chi connectivity index (χ4v) is 4.44. The van der Waals surface area contributed by atoms with E-state index in [1.807, 2.05) is 40.1 Å². The topological polar surface area (TPSA) is 75.6 Å². The third kappa shape index (κ3) is 4.11. The number of nitrogens with zero attached hydrogens (tertiary/aromatic N) is 4. The standard InChI is InChI=1S/C20H22N4O3S/c25-18(14-28-19-21-9-4-10-22-19)23-11-7-16(8-12-23)24-17(13-27-20(24)26)15-5-2-1-3-6-15/h1-6,9-10,16-17H,7-8,11-14H2/t17-/m0/s1. The zero-order chi connectivity index (χ0) is 19.3. The zero-order valence-electron chi connectivity index (χ0n) is 15.4. The number of benzene rings is 1. The Balaban J connectivity index is 1.33. The van der Waals surface area contributed by atoms with E-state index in [9.17, 15) is 9.59 Å². The first-order chi connectivity index (χ1) is 13.7. The normalized spacial score (nSPS) is 20.3. The number of hydrogen-bond donors (Lipinski definition) is 0. The Hall–Kier alpha value is -2.61. The fourth-order valence-electron chi connectivity index (χ4n) is 3.74. The summed E-state index contributed by atoms with van der Waals surface area (Å²) in [5.74, 6) is 0.409. The number of piperidine rings is 1. The third-order valence-corrected chi connectivity index (χ3v) is 6.03. The maximum Gasteiger partial charge on any atom is 0.410 e. The Bertz CT molecular complexity index is 813. The molecule has 3 heterocycles. The Kier molecular flexibility index (Phi) is 5.76. The highest BCUT2D eigenvalue weighted by atomic mass is 32.2. The number of carbonyl (C=O) groups excluding carboxylic acids is 2. The Morgan fingerprint density at radius 1 is 1.11 bits per heavy atom. The highest BCUT2D eigenvalue weighted by Gasteiger charge is 2.40. The van der Waals surface area contributed by atoms with Gasteiger partial charge in [0.1, 0.15) is 6.61 Å². The summed E-state index contributed by atoms with van der Waals surface area (Å²) in [5, 5.41) is 0.608. The summed E-state index contributed by atoms with van der Waals surface area (Å²) in [5.41, 5.74) is 1.09. The Morgan fingerprint density at radius 2 is 1.82 bits per heavy atom. The second-order valence-corrected chi connectivity index (χ2v) is 7.79. The van der Waals surface area contributed by atoms with Crippen molar-refractivity contribution in [1.29, 1.82) is 0 Å². The van der Waals surface area contributed by atoms with Crippen LogP contribution in [0.3, 0.4) is 0 Å². The van der Waals surface area contributed by atoms with Gasteiger partial charge < -0.3 is 9.64 Å². The quantitative estimate of drug-likeness (QED) is 0.569. The molecular formula is C20H22N4O3S. The minimum atomic E-state index is -0.254. The number of aromatic nitrogens is 2. The molecule has 2 fully saturated rings. The molecule has 1 aromatic heterocycles. The predicted octanol–water partition coefficient (Wildman–Crippen LogP) is 2.75. The molecule has 1 atom stereocenters. The SMILES string of the molecule is O=C(CSc1ncccn1)N1CCC(N2C(=O)OC[C@H]2c2ccccc2)CC1. The molecule has 8 heteroatoms. The minimum Gasteiger partial charge on any atom is -0.447 e. The van der Waals surface area contributed by atoms with Crippen molar-refractivity contribution in [2.24, 2.45) is 0 Å². The third-order valence-electron chi connectivity index (χ3n) is 5.17. The summed E-state index contributed by atoms with van der Waals surface area (Å²) >= 11 is 1.35. The number of ether oxygens (including phenoxy) is 1. The van der Waals surface area contributed by atoms with E-state index in [-0.39, 0.29) is 24.1 Å². The van der Waals surface area contributed by atoms with Gasteiger partial charge in [-0.1, -0.05) is 42.1 Å². The van der Waals surface area contributed by atoms with Crippen molar-refractivity contribution in [1.82, 2.24) is 19.8 Å². The number of likely N-dealkylation sites (tertiary alicyclic amines) is 1. The monoisotopic (exact) mass is 398 g/mol. The molecule has 2 aromatic rings. The van der Waals surface area contributed by atoms with Crippen molar-refractivity contribution >= 4 is 23.8 Å². The molecule has 1 aromatic carbocycles. The van der Waals surface area contributed by atoms with Crippen LogP contribution in [0.4, 0.5) is 4.79 Å². The van der Waals surface area contributed by atoms with Crippen molar-refractivity contribution < 1.29 is 14.3 Å². The maximum absolute atomic E-state index is 12.5. The maximum atomic E-state index is 12.5. The van der Waals surface area contributed by atoms with Gasteiger partial charge in [-0.3, -0.25) is 9.69 Å². The molecule has 146 valence electrons. The van der Waals surface area contributed by atoms with Crippen LogP contribution in [0, 0.1) is 0 Å². The van der Waals surface area contributed by atoms with Gasteiger partial charge in [0.05, 0.1) is 11.8 Å². The summed E-state index contributed by atoms with van der Waals surface area (Å²) in [7, 11) is 0. The lowest BCUT2D eigenvalue weighted by Crippen LogP contribution is -2.48. The van der Waals surface area contributed by atoms with Crippen molar-refractivity contribution in [3.63, 3.8) is 0 Å². The van der Waals surface area contributed by atoms with E-state index in [1.54, 1.807) is 18.5 Å². The van der Waals surface area contributed by atoms with Gasteiger partial charge in [-0.05, 0) is 24.5 Å². The average Bonchev–Trinajstić information content (AvgIpc) is 3.15. The molecule has 2 amide bonds. The first-order valence-corrected chi connectivity index (χ1v) is 10.4. The number of carbonyl (C=O) groups is 2. The molecule has 2 aliphatic heterocycles. The number of cyclic esters (lactones) is 1. The van der Waals surface area contributed by atoms with Gasteiger partial charge in [0.15, 0.2) is 5.16 Å². The molecule has 0 saturated carbocycles. The van der Waals surface area contributed by atoms with E-state index in [1.165, 1.54) is 11.8 Å². The van der Waals surface area contributed by atoms with Crippen molar-refractivity contribution in [3.8, 4) is 0 Å². The van der Waals surface area contributed by atoms with Crippen LogP contribution in [0.1, 0.15) is 24.4 Å². The summed E-state index contributed by atoms with van der Waals surface area (Å²) in [6.07, 6.45) is 4.61. The van der Waals surface area contributed by atoms with Gasteiger partial charge in [0.25, 0.3) is 0 Å². The van der Waals surface area contributed by atoms with Crippen molar-refractivity contribution in [3.05, 3.63) is 54.4 Å². The molecule has 0 N–H and O–H groups in total. The lowest BCUT2D eigenvalue weighted by atomic mass is 9.99. The first kappa shape index (κ1) is 18.7. The second kappa shape index (κ2) is 8.60. The molecule has 0 bridgehead atoms. The Labute approximate surface area is 168 Å². The van der Waals surface area contributed by atoms with Crippen molar-refractivity contribution in [2.45, 2.75) is 30.1 Å².